The van der Waals surface area contributed by atoms with Crippen molar-refractivity contribution in [2.24, 2.45) is 0 Å². The van der Waals surface area contributed by atoms with Gasteiger partial charge in [-0.1, -0.05) is 37.6 Å². The van der Waals surface area contributed by atoms with Crippen LogP contribution in [0, 0.1) is 5.41 Å². The Bertz CT molecular complexity index is 1650. The lowest BCUT2D eigenvalue weighted by Crippen LogP contribution is -2.48. The summed E-state index contributed by atoms with van der Waals surface area (Å²) in [4.78, 5) is -5.57. The molecule has 0 amide bonds. The second kappa shape index (κ2) is 12.1. The van der Waals surface area contributed by atoms with E-state index in [1.165, 1.54) is 74.4 Å². The summed E-state index contributed by atoms with van der Waals surface area (Å²) < 4.78 is 183. The van der Waals surface area contributed by atoms with Crippen LogP contribution < -0.4 is 0 Å². The van der Waals surface area contributed by atoms with E-state index in [0.29, 0.717) is 0 Å². The number of hydrogen-bond donors (Lipinski definition) is 1. The summed E-state index contributed by atoms with van der Waals surface area (Å²) in [6.07, 6.45) is -6.06. The highest BCUT2D eigenvalue weighted by Gasteiger charge is 2.72. The Hall–Kier alpha value is -2.73. The minimum Gasteiger partial charge on any atom is -0.326 e. The Kier molecular flexibility index (Phi) is 9.90. The molecule has 0 unspecified atom stereocenters. The third-order valence-electron chi connectivity index (χ3n) is 7.68. The fourth-order valence-corrected chi connectivity index (χ4v) is 8.25. The predicted molar refractivity (Wildman–Crippen MR) is 147 cm³/mol. The Balaban J connectivity index is 0.000000423. The van der Waals surface area contributed by atoms with Gasteiger partial charge in [0, 0.05) is 5.57 Å². The van der Waals surface area contributed by atoms with Crippen molar-refractivity contribution in [3.63, 3.8) is 0 Å². The summed E-state index contributed by atoms with van der Waals surface area (Å²) in [5.41, 5.74) is -3.48. The number of quaternary nitrogens is 1. The van der Waals surface area contributed by atoms with E-state index >= 15 is 0 Å². The van der Waals surface area contributed by atoms with Crippen LogP contribution in [0.1, 0.15) is 50.2 Å². The minimum atomic E-state index is -7.40. The van der Waals surface area contributed by atoms with Crippen LogP contribution in [0.15, 0.2) is 45.7 Å². The van der Waals surface area contributed by atoms with Gasteiger partial charge in [-0.3, -0.25) is 5.41 Å². The highest BCUT2D eigenvalue weighted by molar-refractivity contribution is 8.01. The Morgan fingerprint density at radius 2 is 1.27 bits per heavy atom. The Morgan fingerprint density at radius 1 is 0.756 bits per heavy atom. The van der Waals surface area contributed by atoms with Crippen LogP contribution >= 0.6 is 0 Å². The number of fused-ring (bicyclic) bond motifs is 3. The normalized spacial score (nSPS) is 19.2. The first-order valence-electron chi connectivity index (χ1n) is 13.5. The summed E-state index contributed by atoms with van der Waals surface area (Å²) in [5, 5.41) is -5.85. The monoisotopic (exact) mass is 699 g/mol. The van der Waals surface area contributed by atoms with Crippen LogP contribution in [-0.4, -0.2) is 76.6 Å². The molecule has 45 heavy (non-hydrogen) atoms. The molecular formula is C27H29F10N2O4S2+. The molecule has 0 saturated carbocycles. The second-order valence-corrected chi connectivity index (χ2v) is 14.9. The molecular weight excluding hydrogens is 670 g/mol. The standard InChI is InChI=1S/C17H7F10NO4S2.C10H22N/c18-14(19,20)16(24,25)33(29,30)11-6-9-8-4-2-1-3-7(8)5-10(9)12(28)13(11)34(31,32)17(26,27)15(21,22)23;1-3-4-8-11(2)9-6-5-7-10-11/h1-6,28H;3-10H2,1-2H3/q;+1. The van der Waals surface area contributed by atoms with E-state index in [1.54, 1.807) is 0 Å². The molecule has 4 rings (SSSR count). The van der Waals surface area contributed by atoms with Crippen molar-refractivity contribution in [1.82, 2.24) is 0 Å². The fourth-order valence-electron chi connectivity index (χ4n) is 5.13. The van der Waals surface area contributed by atoms with Crippen molar-refractivity contribution < 1.29 is 65.2 Å². The van der Waals surface area contributed by atoms with Gasteiger partial charge in [0.2, 0.25) is 0 Å². The van der Waals surface area contributed by atoms with Gasteiger partial charge in [-0.25, -0.2) is 16.8 Å². The highest BCUT2D eigenvalue weighted by Crippen LogP contribution is 2.52. The van der Waals surface area contributed by atoms with E-state index in [0.717, 1.165) is 12.1 Å². The summed E-state index contributed by atoms with van der Waals surface area (Å²) in [6, 6.07) is 4.95. The van der Waals surface area contributed by atoms with Gasteiger partial charge in [-0.05, 0) is 54.5 Å². The average Bonchev–Trinajstić information content (AvgIpc) is 3.30. The largest absolute Gasteiger partial charge is 0.469 e. The van der Waals surface area contributed by atoms with Crippen LogP contribution in [0.25, 0.3) is 11.6 Å². The zero-order valence-electron chi connectivity index (χ0n) is 23.8. The number of likely N-dealkylation sites (tertiary alicyclic amines) is 1. The first-order chi connectivity index (χ1) is 20.4. The van der Waals surface area contributed by atoms with E-state index in [9.17, 15) is 60.7 Å². The van der Waals surface area contributed by atoms with Crippen molar-refractivity contribution in [1.29, 1.82) is 5.41 Å². The fraction of sp³-hybridized carbons (Fsp3) is 0.519. The van der Waals surface area contributed by atoms with Crippen LogP contribution in [0.5, 0.6) is 0 Å². The molecule has 1 heterocycles. The maximum atomic E-state index is 13.9. The van der Waals surface area contributed by atoms with Gasteiger partial charge >= 0.3 is 22.9 Å². The van der Waals surface area contributed by atoms with E-state index in [-0.39, 0.29) is 17.2 Å². The molecule has 1 aliphatic heterocycles. The van der Waals surface area contributed by atoms with Crippen LogP contribution in [0.3, 0.4) is 0 Å². The Morgan fingerprint density at radius 3 is 1.78 bits per heavy atom. The number of allylic oxidation sites excluding steroid dienone is 4. The van der Waals surface area contributed by atoms with Crippen LogP contribution in [-0.2, 0) is 19.7 Å². The number of sulfone groups is 2. The lowest BCUT2D eigenvalue weighted by atomic mass is 9.95. The van der Waals surface area contributed by atoms with Crippen molar-refractivity contribution in [2.45, 2.75) is 61.9 Å². The number of nitrogens with zero attached hydrogens (tertiary/aromatic N) is 1. The molecule has 18 heteroatoms. The maximum absolute atomic E-state index is 13.9. The van der Waals surface area contributed by atoms with E-state index < -0.39 is 69.2 Å². The SMILES string of the molecule is CCCC[N+]1(C)CCCCC1.N=C1C2=Cc3ccccc3C2=CC(S(=O)(=O)C(F)(F)C(F)(F)F)=C1S(=O)(=O)C(F)(F)C(F)(F)F. The number of rotatable bonds is 7. The molecule has 2 aliphatic carbocycles. The van der Waals surface area contributed by atoms with Crippen LogP contribution in [0.4, 0.5) is 43.9 Å². The van der Waals surface area contributed by atoms with Gasteiger partial charge in [0.25, 0.3) is 19.7 Å². The highest BCUT2D eigenvalue weighted by atomic mass is 32.2. The van der Waals surface area contributed by atoms with Gasteiger partial charge in [-0.15, -0.1) is 0 Å². The quantitative estimate of drug-likeness (QED) is 0.240. The van der Waals surface area contributed by atoms with E-state index in [2.05, 4.69) is 14.0 Å². The van der Waals surface area contributed by atoms with Gasteiger partial charge in [-0.2, -0.15) is 43.9 Å². The van der Waals surface area contributed by atoms with Crippen molar-refractivity contribution in [2.75, 3.05) is 26.7 Å². The van der Waals surface area contributed by atoms with Crippen molar-refractivity contribution >= 4 is 37.0 Å². The number of halogens is 10. The molecule has 0 atom stereocenters. The summed E-state index contributed by atoms with van der Waals surface area (Å²) in [5.74, 6) is 0. The topological polar surface area (TPSA) is 92.1 Å². The zero-order valence-corrected chi connectivity index (χ0v) is 25.4. The number of alkyl halides is 10. The lowest BCUT2D eigenvalue weighted by molar-refractivity contribution is -0.914. The number of benzene rings is 1. The smallest absolute Gasteiger partial charge is 0.326 e. The maximum Gasteiger partial charge on any atom is 0.469 e. The summed E-state index contributed by atoms with van der Waals surface area (Å²) in [7, 11) is -12.3. The second-order valence-electron chi connectivity index (χ2n) is 11.0. The van der Waals surface area contributed by atoms with Gasteiger partial charge in [0.15, 0.2) is 0 Å². The first-order valence-corrected chi connectivity index (χ1v) is 16.4. The molecule has 1 aromatic carbocycles. The lowest BCUT2D eigenvalue weighted by Gasteiger charge is -2.37. The molecule has 6 nitrogen and oxygen atoms in total. The molecule has 1 saturated heterocycles. The van der Waals surface area contributed by atoms with E-state index in [4.69, 9.17) is 5.41 Å². The number of piperidine rings is 1. The minimum absolute atomic E-state index is 0.0223. The number of nitrogens with one attached hydrogen (secondary N) is 1. The molecule has 0 bridgehead atoms. The third-order valence-corrected chi connectivity index (χ3v) is 11.5. The zero-order chi connectivity index (χ0) is 34.4. The van der Waals surface area contributed by atoms with Crippen molar-refractivity contribution in [3.8, 4) is 0 Å². The molecule has 1 aromatic rings. The molecule has 0 spiro atoms. The molecule has 1 fully saturated rings. The summed E-state index contributed by atoms with van der Waals surface area (Å²) >= 11 is 0. The molecule has 0 aromatic heterocycles. The molecule has 3 aliphatic rings. The molecule has 0 radical (unpaired) electrons. The summed E-state index contributed by atoms with van der Waals surface area (Å²) in [6.45, 7) is 6.56. The third kappa shape index (κ3) is 6.46. The molecule has 1 N–H and O–H groups in total. The number of hydrogen-bond acceptors (Lipinski definition) is 5. The molecule has 252 valence electrons. The van der Waals surface area contributed by atoms with Crippen LogP contribution in [0.2, 0.25) is 0 Å². The number of unbranched alkanes of at least 4 members (excludes halogenated alkanes) is 1. The van der Waals surface area contributed by atoms with Crippen molar-refractivity contribution in [3.05, 3.63) is 56.9 Å². The Labute approximate surface area is 253 Å². The predicted octanol–water partition coefficient (Wildman–Crippen LogP) is 7.27. The van der Waals surface area contributed by atoms with Gasteiger partial charge in [0.05, 0.1) is 37.3 Å². The van der Waals surface area contributed by atoms with E-state index in [1.807, 2.05) is 0 Å². The van der Waals surface area contributed by atoms with Gasteiger partial charge < -0.3 is 4.48 Å². The average molecular weight is 700 g/mol. The first kappa shape index (κ1) is 36.7. The van der Waals surface area contributed by atoms with Gasteiger partial charge in [0.1, 0.15) is 4.91 Å².